The van der Waals surface area contributed by atoms with Crippen molar-refractivity contribution in [1.29, 1.82) is 0 Å². The highest BCUT2D eigenvalue weighted by atomic mass is 35.5. The van der Waals surface area contributed by atoms with E-state index in [1.807, 2.05) is 6.92 Å². The van der Waals surface area contributed by atoms with Gasteiger partial charge in [-0.2, -0.15) is 0 Å². The highest BCUT2D eigenvalue weighted by Crippen LogP contribution is 2.22. The molecule has 0 aliphatic heterocycles. The molecule has 1 atom stereocenters. The number of halogens is 3. The van der Waals surface area contributed by atoms with Gasteiger partial charge in [-0.05, 0) is 55.3 Å². The van der Waals surface area contributed by atoms with Crippen molar-refractivity contribution in [2.24, 2.45) is 0 Å². The second kappa shape index (κ2) is 7.91. The van der Waals surface area contributed by atoms with Gasteiger partial charge in [-0.25, -0.2) is 0 Å². The maximum atomic E-state index is 12.1. The van der Waals surface area contributed by atoms with Crippen molar-refractivity contribution in [2.45, 2.75) is 26.5 Å². The van der Waals surface area contributed by atoms with Crippen molar-refractivity contribution in [2.75, 3.05) is 0 Å². The van der Waals surface area contributed by atoms with Crippen LogP contribution in [0.15, 0.2) is 36.4 Å². The zero-order valence-electron chi connectivity index (χ0n) is 12.7. The number of hydrogen-bond acceptors (Lipinski definition) is 2. The molecule has 122 valence electrons. The first-order chi connectivity index (χ1) is 10.9. The fourth-order valence-electron chi connectivity index (χ4n) is 1.94. The Hall–Kier alpha value is -1.42. The van der Waals surface area contributed by atoms with E-state index in [1.165, 1.54) is 0 Å². The number of rotatable bonds is 5. The van der Waals surface area contributed by atoms with Crippen LogP contribution < -0.4 is 10.1 Å². The van der Waals surface area contributed by atoms with E-state index >= 15 is 0 Å². The van der Waals surface area contributed by atoms with Crippen LogP contribution in [0, 0.1) is 6.92 Å². The van der Waals surface area contributed by atoms with Gasteiger partial charge in [-0.1, -0.05) is 40.9 Å². The van der Waals surface area contributed by atoms with Gasteiger partial charge in [0.2, 0.25) is 0 Å². The molecule has 23 heavy (non-hydrogen) atoms. The van der Waals surface area contributed by atoms with Gasteiger partial charge in [0.25, 0.3) is 5.91 Å². The van der Waals surface area contributed by atoms with Gasteiger partial charge in [-0.3, -0.25) is 4.79 Å². The normalized spacial score (nSPS) is 11.9. The molecule has 0 radical (unpaired) electrons. The Labute approximate surface area is 150 Å². The predicted molar refractivity (Wildman–Crippen MR) is 94.6 cm³/mol. The topological polar surface area (TPSA) is 38.3 Å². The molecule has 1 N–H and O–H groups in total. The van der Waals surface area contributed by atoms with E-state index in [2.05, 4.69) is 5.32 Å². The van der Waals surface area contributed by atoms with E-state index in [4.69, 9.17) is 39.5 Å². The lowest BCUT2D eigenvalue weighted by atomic mass is 10.2. The molecule has 0 fully saturated rings. The second-order valence-electron chi connectivity index (χ2n) is 5.12. The quantitative estimate of drug-likeness (QED) is 0.798. The number of benzene rings is 2. The van der Waals surface area contributed by atoms with Crippen molar-refractivity contribution in [3.8, 4) is 5.75 Å². The lowest BCUT2D eigenvalue weighted by Crippen LogP contribution is -2.35. The van der Waals surface area contributed by atoms with Gasteiger partial charge in [0.05, 0.1) is 0 Å². The van der Waals surface area contributed by atoms with Gasteiger partial charge >= 0.3 is 0 Å². The van der Waals surface area contributed by atoms with Crippen molar-refractivity contribution in [3.63, 3.8) is 0 Å². The Morgan fingerprint density at radius 3 is 2.52 bits per heavy atom. The van der Waals surface area contributed by atoms with Gasteiger partial charge in [0.15, 0.2) is 6.10 Å². The molecule has 0 unspecified atom stereocenters. The predicted octanol–water partition coefficient (Wildman–Crippen LogP) is 5.04. The maximum Gasteiger partial charge on any atom is 0.261 e. The Balaban J connectivity index is 1.93. The highest BCUT2D eigenvalue weighted by Gasteiger charge is 2.15. The fourth-order valence-corrected chi connectivity index (χ4v) is 2.53. The third-order valence-electron chi connectivity index (χ3n) is 3.28. The molecule has 0 aliphatic rings. The average Bonchev–Trinajstić information content (AvgIpc) is 2.49. The van der Waals surface area contributed by atoms with Crippen LogP contribution >= 0.6 is 34.8 Å². The Morgan fingerprint density at radius 1 is 1.13 bits per heavy atom. The van der Waals surface area contributed by atoms with E-state index in [0.29, 0.717) is 27.4 Å². The average molecular weight is 373 g/mol. The summed E-state index contributed by atoms with van der Waals surface area (Å²) in [4.78, 5) is 12.1. The molecular formula is C17H16Cl3NO2. The first kappa shape index (κ1) is 17.9. The molecule has 1 amide bonds. The van der Waals surface area contributed by atoms with Gasteiger partial charge in [-0.15, -0.1) is 0 Å². The second-order valence-corrected chi connectivity index (χ2v) is 6.38. The standard InChI is InChI=1S/C17H16Cl3NO2/c1-10-7-14(5-6-15(10)19)23-11(2)17(22)21-9-12-3-4-13(18)8-16(12)20/h3-8,11H,9H2,1-2H3,(H,21,22)/t11-/m1/s1. The van der Waals surface area contributed by atoms with Crippen LogP contribution in [0.2, 0.25) is 15.1 Å². The minimum absolute atomic E-state index is 0.233. The molecule has 0 spiro atoms. The SMILES string of the molecule is Cc1cc(O[C@H](C)C(=O)NCc2ccc(Cl)cc2Cl)ccc1Cl. The molecule has 2 rings (SSSR count). The van der Waals surface area contributed by atoms with E-state index in [0.717, 1.165) is 11.1 Å². The summed E-state index contributed by atoms with van der Waals surface area (Å²) in [5.74, 6) is 0.364. The summed E-state index contributed by atoms with van der Waals surface area (Å²) >= 11 is 17.9. The molecule has 0 saturated heterocycles. The van der Waals surface area contributed by atoms with Crippen molar-refractivity contribution in [1.82, 2.24) is 5.32 Å². The summed E-state index contributed by atoms with van der Waals surface area (Å²) < 4.78 is 5.62. The van der Waals surface area contributed by atoms with Gasteiger partial charge in [0.1, 0.15) is 5.75 Å². The lowest BCUT2D eigenvalue weighted by Gasteiger charge is -2.15. The molecule has 0 aromatic heterocycles. The van der Waals surface area contributed by atoms with Gasteiger partial charge in [0, 0.05) is 21.6 Å². The maximum absolute atomic E-state index is 12.1. The van der Waals surface area contributed by atoms with Crippen LogP contribution in [0.1, 0.15) is 18.1 Å². The number of carbonyl (C=O) groups is 1. The van der Waals surface area contributed by atoms with Crippen LogP contribution in [0.25, 0.3) is 0 Å². The van der Waals surface area contributed by atoms with Crippen molar-refractivity contribution in [3.05, 3.63) is 62.6 Å². The molecule has 2 aromatic carbocycles. The zero-order valence-corrected chi connectivity index (χ0v) is 15.0. The molecule has 0 saturated carbocycles. The van der Waals surface area contributed by atoms with E-state index in [-0.39, 0.29) is 5.91 Å². The van der Waals surface area contributed by atoms with E-state index in [1.54, 1.807) is 43.3 Å². The minimum Gasteiger partial charge on any atom is -0.481 e. The monoisotopic (exact) mass is 371 g/mol. The Bertz CT molecular complexity index is 719. The molecule has 2 aromatic rings. The van der Waals surface area contributed by atoms with Crippen LogP contribution in [0.4, 0.5) is 0 Å². The van der Waals surface area contributed by atoms with Crippen molar-refractivity contribution < 1.29 is 9.53 Å². The third-order valence-corrected chi connectivity index (χ3v) is 4.29. The molecule has 0 heterocycles. The zero-order chi connectivity index (χ0) is 17.0. The Kier molecular flexibility index (Phi) is 6.17. The van der Waals surface area contributed by atoms with E-state index in [9.17, 15) is 4.79 Å². The van der Waals surface area contributed by atoms with Crippen LogP contribution in [-0.4, -0.2) is 12.0 Å². The Morgan fingerprint density at radius 2 is 1.87 bits per heavy atom. The van der Waals surface area contributed by atoms with Crippen LogP contribution in [-0.2, 0) is 11.3 Å². The summed E-state index contributed by atoms with van der Waals surface area (Å²) in [7, 11) is 0. The largest absolute Gasteiger partial charge is 0.481 e. The summed E-state index contributed by atoms with van der Waals surface area (Å²) in [5, 5.41) is 4.52. The molecular weight excluding hydrogens is 357 g/mol. The fraction of sp³-hybridized carbons (Fsp3) is 0.235. The highest BCUT2D eigenvalue weighted by molar-refractivity contribution is 6.35. The van der Waals surface area contributed by atoms with Crippen LogP contribution in [0.5, 0.6) is 5.75 Å². The number of amides is 1. The van der Waals surface area contributed by atoms with Crippen molar-refractivity contribution >= 4 is 40.7 Å². The summed E-state index contributed by atoms with van der Waals surface area (Å²) in [6, 6.07) is 10.4. The number of hydrogen-bond donors (Lipinski definition) is 1. The van der Waals surface area contributed by atoms with Gasteiger partial charge < -0.3 is 10.1 Å². The molecule has 6 heteroatoms. The summed E-state index contributed by atoms with van der Waals surface area (Å²) in [6.45, 7) is 3.87. The first-order valence-electron chi connectivity index (χ1n) is 7.01. The summed E-state index contributed by atoms with van der Waals surface area (Å²) in [5.41, 5.74) is 1.68. The van der Waals surface area contributed by atoms with E-state index < -0.39 is 6.10 Å². The number of ether oxygens (including phenoxy) is 1. The number of aryl methyl sites for hydroxylation is 1. The first-order valence-corrected chi connectivity index (χ1v) is 8.14. The minimum atomic E-state index is -0.637. The molecule has 0 aliphatic carbocycles. The molecule has 0 bridgehead atoms. The third kappa shape index (κ3) is 5.03. The number of carbonyl (C=O) groups excluding carboxylic acids is 1. The number of nitrogens with one attached hydrogen (secondary N) is 1. The lowest BCUT2D eigenvalue weighted by molar-refractivity contribution is -0.127. The molecule has 3 nitrogen and oxygen atoms in total. The smallest absolute Gasteiger partial charge is 0.261 e. The summed E-state index contributed by atoms with van der Waals surface area (Å²) in [6.07, 6.45) is -0.637. The van der Waals surface area contributed by atoms with Crippen LogP contribution in [0.3, 0.4) is 0 Å².